The van der Waals surface area contributed by atoms with E-state index in [2.05, 4.69) is 0 Å². The maximum absolute atomic E-state index is 12.9. The molecule has 6 heteroatoms. The predicted molar refractivity (Wildman–Crippen MR) is 56.7 cm³/mol. The number of hydrogen-bond acceptors (Lipinski definition) is 3. The fourth-order valence-corrected chi connectivity index (χ4v) is 2.67. The number of sulfone groups is 1. The molecule has 3 nitrogen and oxygen atoms in total. The van der Waals surface area contributed by atoms with E-state index in [4.69, 9.17) is 5.73 Å². The van der Waals surface area contributed by atoms with Gasteiger partial charge in [-0.3, -0.25) is 0 Å². The number of benzene rings is 1. The second-order valence-corrected chi connectivity index (χ2v) is 5.99. The monoisotopic (exact) mass is 249 g/mol. The molecule has 0 bridgehead atoms. The van der Waals surface area contributed by atoms with Crippen molar-refractivity contribution in [2.24, 2.45) is 5.73 Å². The van der Waals surface area contributed by atoms with Crippen molar-refractivity contribution < 1.29 is 17.2 Å². The molecule has 0 aromatic heterocycles. The van der Waals surface area contributed by atoms with Gasteiger partial charge in [0.15, 0.2) is 21.5 Å². The van der Waals surface area contributed by atoms with Crippen LogP contribution in [0.15, 0.2) is 23.1 Å². The van der Waals surface area contributed by atoms with Gasteiger partial charge in [-0.2, -0.15) is 0 Å². The second-order valence-electron chi connectivity index (χ2n) is 3.69. The van der Waals surface area contributed by atoms with Crippen molar-refractivity contribution >= 4 is 9.84 Å². The summed E-state index contributed by atoms with van der Waals surface area (Å²) < 4.78 is 49.3. The van der Waals surface area contributed by atoms with Crippen molar-refractivity contribution in [1.29, 1.82) is 0 Å². The van der Waals surface area contributed by atoms with E-state index < -0.39 is 32.8 Å². The molecule has 0 saturated carbocycles. The minimum atomic E-state index is -3.71. The van der Waals surface area contributed by atoms with Crippen LogP contribution in [-0.2, 0) is 9.84 Å². The Hall–Kier alpha value is -1.01. The Balaban J connectivity index is 3.23. The summed E-state index contributed by atoms with van der Waals surface area (Å²) in [6.45, 7) is 2.98. The second kappa shape index (κ2) is 4.47. The molecule has 1 rings (SSSR count). The van der Waals surface area contributed by atoms with Crippen LogP contribution < -0.4 is 5.73 Å². The van der Waals surface area contributed by atoms with Crippen molar-refractivity contribution in [3.8, 4) is 0 Å². The van der Waals surface area contributed by atoms with Crippen LogP contribution in [0.3, 0.4) is 0 Å². The van der Waals surface area contributed by atoms with E-state index in [-0.39, 0.29) is 4.90 Å². The Kier molecular flexibility index (Phi) is 3.64. The maximum Gasteiger partial charge on any atom is 0.182 e. The molecule has 0 heterocycles. The number of rotatable bonds is 3. The van der Waals surface area contributed by atoms with Gasteiger partial charge in [0.25, 0.3) is 0 Å². The van der Waals surface area contributed by atoms with Gasteiger partial charge >= 0.3 is 0 Å². The number of nitrogens with two attached hydrogens (primary N) is 1. The van der Waals surface area contributed by atoms with Crippen LogP contribution in [0.25, 0.3) is 0 Å². The lowest BCUT2D eigenvalue weighted by atomic mass is 10.3. The smallest absolute Gasteiger partial charge is 0.182 e. The van der Waals surface area contributed by atoms with Gasteiger partial charge in [-0.15, -0.1) is 0 Å². The first-order valence-electron chi connectivity index (χ1n) is 4.71. The molecule has 0 radical (unpaired) electrons. The molecule has 0 aliphatic rings. The van der Waals surface area contributed by atoms with Gasteiger partial charge in [0.05, 0.1) is 10.1 Å². The highest BCUT2D eigenvalue weighted by Gasteiger charge is 2.27. The van der Waals surface area contributed by atoms with Gasteiger partial charge < -0.3 is 5.73 Å². The van der Waals surface area contributed by atoms with E-state index in [1.165, 1.54) is 6.92 Å². The summed E-state index contributed by atoms with van der Waals surface area (Å²) >= 11 is 0. The standard InChI is InChI=1S/C10H13F2NO2S/c1-6(13)7(2)16(14,15)8-3-4-9(11)10(12)5-8/h3-7H,13H2,1-2H3. The first-order valence-corrected chi connectivity index (χ1v) is 6.26. The van der Waals surface area contributed by atoms with Gasteiger partial charge in [-0.05, 0) is 32.0 Å². The van der Waals surface area contributed by atoms with Crippen LogP contribution in [0.2, 0.25) is 0 Å². The maximum atomic E-state index is 12.9. The largest absolute Gasteiger partial charge is 0.327 e. The molecule has 0 aliphatic carbocycles. The molecule has 90 valence electrons. The van der Waals surface area contributed by atoms with E-state index >= 15 is 0 Å². The highest BCUT2D eigenvalue weighted by atomic mass is 32.2. The molecular weight excluding hydrogens is 236 g/mol. The molecule has 0 saturated heterocycles. The summed E-state index contributed by atoms with van der Waals surface area (Å²) in [4.78, 5) is -0.254. The molecule has 1 aromatic rings. The quantitative estimate of drug-likeness (QED) is 0.825. The molecular formula is C10H13F2NO2S. The number of halogens is 2. The van der Waals surface area contributed by atoms with Crippen LogP contribution in [-0.4, -0.2) is 19.7 Å². The summed E-state index contributed by atoms with van der Waals surface area (Å²) in [5, 5.41) is -0.850. The Morgan fingerprint density at radius 1 is 1.19 bits per heavy atom. The zero-order valence-corrected chi connectivity index (χ0v) is 9.76. The van der Waals surface area contributed by atoms with Gasteiger partial charge in [0.1, 0.15) is 0 Å². The first-order chi connectivity index (χ1) is 7.26. The minimum Gasteiger partial charge on any atom is -0.327 e. The van der Waals surface area contributed by atoms with Crippen LogP contribution in [0.1, 0.15) is 13.8 Å². The van der Waals surface area contributed by atoms with Gasteiger partial charge in [0.2, 0.25) is 0 Å². The summed E-state index contributed by atoms with van der Waals surface area (Å²) in [5.41, 5.74) is 5.48. The fraction of sp³-hybridized carbons (Fsp3) is 0.400. The third-order valence-electron chi connectivity index (χ3n) is 2.45. The van der Waals surface area contributed by atoms with E-state index in [1.54, 1.807) is 6.92 Å². The molecule has 0 spiro atoms. The molecule has 2 unspecified atom stereocenters. The molecule has 16 heavy (non-hydrogen) atoms. The summed E-state index contributed by atoms with van der Waals surface area (Å²) in [5.74, 6) is -2.26. The lowest BCUT2D eigenvalue weighted by Crippen LogP contribution is -2.35. The van der Waals surface area contributed by atoms with E-state index in [9.17, 15) is 17.2 Å². The first kappa shape index (κ1) is 13.1. The highest BCUT2D eigenvalue weighted by molar-refractivity contribution is 7.92. The topological polar surface area (TPSA) is 60.2 Å². The van der Waals surface area contributed by atoms with Crippen molar-refractivity contribution in [2.45, 2.75) is 30.0 Å². The zero-order valence-electron chi connectivity index (χ0n) is 8.94. The fourth-order valence-electron chi connectivity index (χ4n) is 1.15. The Morgan fingerprint density at radius 2 is 1.75 bits per heavy atom. The molecule has 0 aliphatic heterocycles. The Bertz CT molecular complexity index is 486. The van der Waals surface area contributed by atoms with Crippen LogP contribution in [0.4, 0.5) is 8.78 Å². The lowest BCUT2D eigenvalue weighted by Gasteiger charge is -2.16. The SMILES string of the molecule is CC(N)C(C)S(=O)(=O)c1ccc(F)c(F)c1. The zero-order chi connectivity index (χ0) is 12.5. The average molecular weight is 249 g/mol. The van der Waals surface area contributed by atoms with Crippen molar-refractivity contribution in [1.82, 2.24) is 0 Å². The van der Waals surface area contributed by atoms with Crippen LogP contribution in [0.5, 0.6) is 0 Å². The molecule has 2 atom stereocenters. The molecule has 0 fully saturated rings. The van der Waals surface area contributed by atoms with Gasteiger partial charge in [-0.25, -0.2) is 17.2 Å². The Morgan fingerprint density at radius 3 is 2.19 bits per heavy atom. The van der Waals surface area contributed by atoms with Gasteiger partial charge in [0, 0.05) is 6.04 Å². The third-order valence-corrected chi connectivity index (χ3v) is 4.77. The van der Waals surface area contributed by atoms with Crippen LogP contribution in [0, 0.1) is 11.6 Å². The summed E-state index contributed by atoms with van der Waals surface area (Å²) in [6.07, 6.45) is 0. The van der Waals surface area contributed by atoms with Crippen molar-refractivity contribution in [3.63, 3.8) is 0 Å². The molecule has 1 aromatic carbocycles. The van der Waals surface area contributed by atoms with E-state index in [1.807, 2.05) is 0 Å². The average Bonchev–Trinajstić information content (AvgIpc) is 2.20. The normalized spacial score (nSPS) is 15.8. The van der Waals surface area contributed by atoms with Crippen molar-refractivity contribution in [3.05, 3.63) is 29.8 Å². The number of hydrogen-bond donors (Lipinski definition) is 1. The minimum absolute atomic E-state index is 0.254. The molecule has 0 amide bonds. The third kappa shape index (κ3) is 2.38. The lowest BCUT2D eigenvalue weighted by molar-refractivity contribution is 0.503. The van der Waals surface area contributed by atoms with Gasteiger partial charge in [-0.1, -0.05) is 0 Å². The van der Waals surface area contributed by atoms with Crippen molar-refractivity contribution in [2.75, 3.05) is 0 Å². The van der Waals surface area contributed by atoms with E-state index in [0.717, 1.165) is 12.1 Å². The molecule has 2 N–H and O–H groups in total. The highest BCUT2D eigenvalue weighted by Crippen LogP contribution is 2.19. The van der Waals surface area contributed by atoms with Crippen LogP contribution >= 0.6 is 0 Å². The summed E-state index contributed by atoms with van der Waals surface area (Å²) in [6, 6.07) is 1.91. The predicted octanol–water partition coefficient (Wildman–Crippen LogP) is 1.47. The Labute approximate surface area is 93.2 Å². The summed E-state index contributed by atoms with van der Waals surface area (Å²) in [7, 11) is -3.71. The van der Waals surface area contributed by atoms with E-state index in [0.29, 0.717) is 6.07 Å².